The largest absolute Gasteiger partial charge is 0.399 e. The lowest BCUT2D eigenvalue weighted by Crippen LogP contribution is -2.23. The van der Waals surface area contributed by atoms with Gasteiger partial charge in [-0.05, 0) is 39.0 Å². The first-order valence-electron chi connectivity index (χ1n) is 5.49. The quantitative estimate of drug-likeness (QED) is 0.804. The molecule has 0 saturated heterocycles. The van der Waals surface area contributed by atoms with Crippen molar-refractivity contribution in [3.05, 3.63) is 24.0 Å². The number of aromatic nitrogens is 2. The standard InChI is InChI=1S/C12H17N3OS/c1-12(2,3)17(16)7-11-14-9-5-4-8(13)6-10(9)15-11/h4-6H,7,13H2,1-3H3,(H,14,15). The summed E-state index contributed by atoms with van der Waals surface area (Å²) in [6, 6.07) is 5.52. The molecule has 2 aromatic rings. The number of benzene rings is 1. The summed E-state index contributed by atoms with van der Waals surface area (Å²) in [7, 11) is -0.945. The third kappa shape index (κ3) is 2.66. The van der Waals surface area contributed by atoms with Crippen LogP contribution in [-0.2, 0) is 16.6 Å². The molecule has 0 aliphatic rings. The fourth-order valence-electron chi connectivity index (χ4n) is 1.49. The monoisotopic (exact) mass is 251 g/mol. The van der Waals surface area contributed by atoms with Gasteiger partial charge >= 0.3 is 0 Å². The molecule has 0 aliphatic carbocycles. The number of aromatic amines is 1. The van der Waals surface area contributed by atoms with Gasteiger partial charge in [-0.3, -0.25) is 4.21 Å². The Hall–Kier alpha value is -1.36. The van der Waals surface area contributed by atoms with Gasteiger partial charge in [0.2, 0.25) is 0 Å². The topological polar surface area (TPSA) is 71.8 Å². The maximum Gasteiger partial charge on any atom is 0.119 e. The summed E-state index contributed by atoms with van der Waals surface area (Å²) in [6.07, 6.45) is 0. The Kier molecular flexibility index (Phi) is 2.95. The smallest absolute Gasteiger partial charge is 0.119 e. The molecule has 0 fully saturated rings. The van der Waals surface area contributed by atoms with Crippen LogP contribution in [-0.4, -0.2) is 18.9 Å². The van der Waals surface area contributed by atoms with Crippen LogP contribution in [0.1, 0.15) is 26.6 Å². The van der Waals surface area contributed by atoms with Crippen LogP contribution < -0.4 is 5.73 Å². The van der Waals surface area contributed by atoms with Crippen LogP contribution in [0.3, 0.4) is 0 Å². The van der Waals surface area contributed by atoms with Crippen LogP contribution in [0.15, 0.2) is 18.2 Å². The average Bonchev–Trinajstić information content (AvgIpc) is 2.57. The van der Waals surface area contributed by atoms with Crippen LogP contribution in [0.5, 0.6) is 0 Å². The number of rotatable bonds is 2. The number of hydrogen-bond donors (Lipinski definition) is 2. The first-order valence-corrected chi connectivity index (χ1v) is 6.81. The van der Waals surface area contributed by atoms with Gasteiger partial charge in [-0.25, -0.2) is 4.98 Å². The van der Waals surface area contributed by atoms with E-state index in [1.807, 2.05) is 39.0 Å². The Balaban J connectivity index is 2.29. The number of H-pyrrole nitrogens is 1. The lowest BCUT2D eigenvalue weighted by atomic mass is 10.3. The second kappa shape index (κ2) is 4.14. The molecular weight excluding hydrogens is 234 g/mol. The molecule has 1 heterocycles. The van der Waals surface area contributed by atoms with Crippen molar-refractivity contribution in [2.24, 2.45) is 0 Å². The number of nitrogens with two attached hydrogens (primary N) is 1. The molecule has 0 radical (unpaired) electrons. The van der Waals surface area contributed by atoms with Crippen LogP contribution in [0, 0.1) is 0 Å². The van der Waals surface area contributed by atoms with Crippen molar-refractivity contribution in [2.75, 3.05) is 5.73 Å². The number of nitrogen functional groups attached to an aromatic ring is 1. The van der Waals surface area contributed by atoms with Crippen LogP contribution in [0.4, 0.5) is 5.69 Å². The summed E-state index contributed by atoms with van der Waals surface area (Å²) < 4.78 is 11.8. The molecule has 0 bridgehead atoms. The van der Waals surface area contributed by atoms with Gasteiger partial charge in [0, 0.05) is 21.2 Å². The van der Waals surface area contributed by atoms with Gasteiger partial charge in [0.05, 0.1) is 16.8 Å². The molecular formula is C12H17N3OS. The predicted molar refractivity (Wildman–Crippen MR) is 72.1 cm³/mol. The Morgan fingerprint density at radius 2 is 2.12 bits per heavy atom. The van der Waals surface area contributed by atoms with Crippen molar-refractivity contribution in [1.82, 2.24) is 9.97 Å². The van der Waals surface area contributed by atoms with E-state index in [0.717, 1.165) is 16.9 Å². The van der Waals surface area contributed by atoms with Gasteiger partial charge in [-0.1, -0.05) is 0 Å². The van der Waals surface area contributed by atoms with E-state index >= 15 is 0 Å². The van der Waals surface area contributed by atoms with E-state index < -0.39 is 10.8 Å². The Morgan fingerprint density at radius 1 is 1.41 bits per heavy atom. The lowest BCUT2D eigenvalue weighted by molar-refractivity contribution is 0.647. The highest BCUT2D eigenvalue weighted by molar-refractivity contribution is 7.85. The number of nitrogens with one attached hydrogen (secondary N) is 1. The molecule has 1 aromatic carbocycles. The zero-order valence-electron chi connectivity index (χ0n) is 10.3. The average molecular weight is 251 g/mol. The van der Waals surface area contributed by atoms with E-state index in [0.29, 0.717) is 11.4 Å². The zero-order chi connectivity index (χ0) is 12.6. The fourth-order valence-corrected chi connectivity index (χ4v) is 2.31. The van der Waals surface area contributed by atoms with Crippen molar-refractivity contribution in [3.63, 3.8) is 0 Å². The second-order valence-electron chi connectivity index (χ2n) is 5.06. The molecule has 1 aromatic heterocycles. The summed E-state index contributed by atoms with van der Waals surface area (Å²) >= 11 is 0. The Bertz CT molecular complexity index is 569. The maximum atomic E-state index is 12.0. The third-order valence-corrected chi connectivity index (χ3v) is 4.41. The van der Waals surface area contributed by atoms with E-state index in [4.69, 9.17) is 5.73 Å². The third-order valence-electron chi connectivity index (χ3n) is 2.51. The van der Waals surface area contributed by atoms with Crippen molar-refractivity contribution in [1.29, 1.82) is 0 Å². The molecule has 0 aliphatic heterocycles. The van der Waals surface area contributed by atoms with Crippen LogP contribution in [0.2, 0.25) is 0 Å². The van der Waals surface area contributed by atoms with Crippen molar-refractivity contribution in [2.45, 2.75) is 31.3 Å². The van der Waals surface area contributed by atoms with Crippen molar-refractivity contribution in [3.8, 4) is 0 Å². The predicted octanol–water partition coefficient (Wildman–Crippen LogP) is 2.19. The SMILES string of the molecule is CC(C)(C)S(=O)Cc1nc2ccc(N)cc2[nH]1. The van der Waals surface area contributed by atoms with Gasteiger partial charge in [0.25, 0.3) is 0 Å². The number of imidazole rings is 1. The van der Waals surface area contributed by atoms with Crippen molar-refractivity contribution < 1.29 is 4.21 Å². The van der Waals surface area contributed by atoms with Crippen molar-refractivity contribution >= 4 is 27.5 Å². The molecule has 1 atom stereocenters. The molecule has 1 unspecified atom stereocenters. The highest BCUT2D eigenvalue weighted by atomic mass is 32.2. The van der Waals surface area contributed by atoms with Gasteiger partial charge in [-0.15, -0.1) is 0 Å². The fraction of sp³-hybridized carbons (Fsp3) is 0.417. The molecule has 5 heteroatoms. The number of nitrogens with zero attached hydrogens (tertiary/aromatic N) is 1. The molecule has 92 valence electrons. The molecule has 4 nitrogen and oxygen atoms in total. The second-order valence-corrected chi connectivity index (χ2v) is 7.27. The van der Waals surface area contributed by atoms with E-state index in [9.17, 15) is 4.21 Å². The van der Waals surface area contributed by atoms with E-state index in [-0.39, 0.29) is 4.75 Å². The Labute approximate surface area is 103 Å². The first-order chi connectivity index (χ1) is 7.86. The minimum absolute atomic E-state index is 0.224. The van der Waals surface area contributed by atoms with E-state index in [1.54, 1.807) is 0 Å². The van der Waals surface area contributed by atoms with Crippen LogP contribution >= 0.6 is 0 Å². The summed E-state index contributed by atoms with van der Waals surface area (Å²) in [5, 5.41) is 0. The molecule has 2 rings (SSSR count). The van der Waals surface area contributed by atoms with Gasteiger partial charge in [0.1, 0.15) is 5.82 Å². The van der Waals surface area contributed by atoms with E-state index in [2.05, 4.69) is 9.97 Å². The molecule has 3 N–H and O–H groups in total. The summed E-state index contributed by atoms with van der Waals surface area (Å²) in [6.45, 7) is 5.89. The molecule has 17 heavy (non-hydrogen) atoms. The normalized spacial score (nSPS) is 14.1. The van der Waals surface area contributed by atoms with E-state index in [1.165, 1.54) is 0 Å². The minimum Gasteiger partial charge on any atom is -0.399 e. The van der Waals surface area contributed by atoms with Gasteiger partial charge in [-0.2, -0.15) is 0 Å². The summed E-state index contributed by atoms with van der Waals surface area (Å²) in [4.78, 5) is 7.56. The molecule has 0 spiro atoms. The molecule has 0 amide bonds. The highest BCUT2D eigenvalue weighted by Gasteiger charge is 2.20. The maximum absolute atomic E-state index is 12.0. The summed E-state index contributed by atoms with van der Waals surface area (Å²) in [5.74, 6) is 1.19. The first kappa shape index (κ1) is 12.1. The highest BCUT2D eigenvalue weighted by Crippen LogP contribution is 2.19. The zero-order valence-corrected chi connectivity index (χ0v) is 11.1. The number of anilines is 1. The molecule has 0 saturated carbocycles. The minimum atomic E-state index is -0.945. The lowest BCUT2D eigenvalue weighted by Gasteiger charge is -2.16. The van der Waals surface area contributed by atoms with Gasteiger partial charge in [0.15, 0.2) is 0 Å². The summed E-state index contributed by atoms with van der Waals surface area (Å²) in [5.41, 5.74) is 8.15. The Morgan fingerprint density at radius 3 is 2.76 bits per heavy atom. The number of fused-ring (bicyclic) bond motifs is 1. The van der Waals surface area contributed by atoms with Crippen LogP contribution in [0.25, 0.3) is 11.0 Å². The van der Waals surface area contributed by atoms with Gasteiger partial charge < -0.3 is 10.7 Å². The number of hydrogen-bond acceptors (Lipinski definition) is 3.